The fraction of sp³-hybridized carbons (Fsp3) is 0.0667. The third-order valence-corrected chi connectivity index (χ3v) is 4.44. The summed E-state index contributed by atoms with van der Waals surface area (Å²) in [6.45, 7) is 0. The Bertz CT molecular complexity index is 846. The van der Waals surface area contributed by atoms with Gasteiger partial charge in [-0.15, -0.1) is 11.3 Å². The predicted molar refractivity (Wildman–Crippen MR) is 90.0 cm³/mol. The normalized spacial score (nSPS) is 10.6. The van der Waals surface area contributed by atoms with E-state index in [0.29, 0.717) is 31.5 Å². The zero-order chi connectivity index (χ0) is 15.7. The van der Waals surface area contributed by atoms with Crippen LogP contribution < -0.4 is 15.8 Å². The monoisotopic (exact) mass is 333 g/mol. The topological polar surface area (TPSA) is 77.2 Å². The van der Waals surface area contributed by atoms with Gasteiger partial charge in [0, 0.05) is 17.3 Å². The molecular formula is C15H12ClN3O2S. The van der Waals surface area contributed by atoms with Gasteiger partial charge in [-0.3, -0.25) is 4.79 Å². The van der Waals surface area contributed by atoms with Crippen molar-refractivity contribution >= 4 is 50.4 Å². The molecule has 2 aromatic heterocycles. The number of nitrogens with one attached hydrogen (secondary N) is 1. The Morgan fingerprint density at radius 1 is 1.36 bits per heavy atom. The summed E-state index contributed by atoms with van der Waals surface area (Å²) in [5.41, 5.74) is 7.09. The fourth-order valence-electron chi connectivity index (χ4n) is 2.01. The quantitative estimate of drug-likeness (QED) is 0.764. The minimum absolute atomic E-state index is 0.276. The van der Waals surface area contributed by atoms with E-state index in [1.807, 2.05) is 0 Å². The molecule has 0 aliphatic heterocycles. The summed E-state index contributed by atoms with van der Waals surface area (Å²) in [6, 6.07) is 8.76. The summed E-state index contributed by atoms with van der Waals surface area (Å²) in [5, 5.41) is 3.98. The molecule has 3 N–H and O–H groups in total. The third-order valence-electron chi connectivity index (χ3n) is 3.11. The van der Waals surface area contributed by atoms with Crippen LogP contribution in [0.4, 0.5) is 11.4 Å². The van der Waals surface area contributed by atoms with Crippen molar-refractivity contribution in [1.29, 1.82) is 0 Å². The van der Waals surface area contributed by atoms with E-state index in [4.69, 9.17) is 22.1 Å². The maximum Gasteiger partial charge on any atom is 0.267 e. The first-order chi connectivity index (χ1) is 10.6. The summed E-state index contributed by atoms with van der Waals surface area (Å²) in [5.74, 6) is 0.444. The largest absolute Gasteiger partial charge is 0.497 e. The lowest BCUT2D eigenvalue weighted by molar-refractivity contribution is 0.103. The fourth-order valence-corrected chi connectivity index (χ4v) is 3.10. The maximum atomic E-state index is 12.4. The van der Waals surface area contributed by atoms with Gasteiger partial charge < -0.3 is 15.8 Å². The second-order valence-electron chi connectivity index (χ2n) is 4.53. The number of aromatic nitrogens is 1. The molecule has 0 atom stereocenters. The number of methoxy groups -OCH3 is 1. The average Bonchev–Trinajstić information content (AvgIpc) is 2.85. The van der Waals surface area contributed by atoms with Crippen LogP contribution in [0.1, 0.15) is 9.67 Å². The number of carbonyl (C=O) groups is 1. The highest BCUT2D eigenvalue weighted by atomic mass is 35.5. The molecule has 22 heavy (non-hydrogen) atoms. The van der Waals surface area contributed by atoms with Crippen LogP contribution >= 0.6 is 22.9 Å². The van der Waals surface area contributed by atoms with Crippen molar-refractivity contribution in [3.63, 3.8) is 0 Å². The van der Waals surface area contributed by atoms with Crippen LogP contribution in [0.25, 0.3) is 10.2 Å². The summed E-state index contributed by atoms with van der Waals surface area (Å²) in [6.07, 6.45) is 1.53. The van der Waals surface area contributed by atoms with E-state index in [2.05, 4.69) is 10.3 Å². The molecule has 0 spiro atoms. The molecule has 0 fully saturated rings. The van der Waals surface area contributed by atoms with Crippen molar-refractivity contribution in [3.05, 3.63) is 46.4 Å². The number of anilines is 2. The number of nitrogen functional groups attached to an aromatic ring is 1. The molecule has 0 saturated heterocycles. The van der Waals surface area contributed by atoms with Crippen LogP contribution in [0.2, 0.25) is 5.02 Å². The van der Waals surface area contributed by atoms with Gasteiger partial charge in [0.2, 0.25) is 0 Å². The Balaban J connectivity index is 1.89. The molecule has 5 nitrogen and oxygen atoms in total. The molecule has 1 amide bonds. The molecule has 0 aliphatic carbocycles. The molecule has 7 heteroatoms. The second kappa shape index (κ2) is 5.82. The van der Waals surface area contributed by atoms with Crippen molar-refractivity contribution in [3.8, 4) is 5.75 Å². The lowest BCUT2D eigenvalue weighted by Gasteiger charge is -2.05. The molecular weight excluding hydrogens is 322 g/mol. The van der Waals surface area contributed by atoms with E-state index in [1.165, 1.54) is 17.5 Å². The van der Waals surface area contributed by atoms with Crippen molar-refractivity contribution in [2.24, 2.45) is 0 Å². The van der Waals surface area contributed by atoms with E-state index in [9.17, 15) is 4.79 Å². The van der Waals surface area contributed by atoms with E-state index in [1.54, 1.807) is 37.4 Å². The second-order valence-corrected chi connectivity index (χ2v) is 5.97. The van der Waals surface area contributed by atoms with E-state index in [-0.39, 0.29) is 5.91 Å². The standard InChI is InChI=1S/C15H12ClN3O2S/c1-21-10-4-2-9(3-5-10)19-14(20)13-12(17)11-6-8(16)7-18-15(11)22-13/h2-7H,17H2,1H3,(H,19,20). The van der Waals surface area contributed by atoms with E-state index in [0.717, 1.165) is 5.75 Å². The summed E-state index contributed by atoms with van der Waals surface area (Å²) < 4.78 is 5.08. The Kier molecular flexibility index (Phi) is 3.87. The molecule has 3 aromatic rings. The van der Waals surface area contributed by atoms with Gasteiger partial charge in [-0.25, -0.2) is 4.98 Å². The number of carbonyl (C=O) groups excluding carboxylic acids is 1. The van der Waals surface area contributed by atoms with Gasteiger partial charge >= 0.3 is 0 Å². The lowest BCUT2D eigenvalue weighted by atomic mass is 10.2. The highest BCUT2D eigenvalue weighted by Gasteiger charge is 2.17. The minimum atomic E-state index is -0.276. The zero-order valence-corrected chi connectivity index (χ0v) is 13.2. The SMILES string of the molecule is COc1ccc(NC(=O)c2sc3ncc(Cl)cc3c2N)cc1. The van der Waals surface area contributed by atoms with Gasteiger partial charge in [-0.2, -0.15) is 0 Å². The van der Waals surface area contributed by atoms with Gasteiger partial charge in [0.1, 0.15) is 15.5 Å². The number of thiophene rings is 1. The van der Waals surface area contributed by atoms with Gasteiger partial charge in [0.15, 0.2) is 0 Å². The van der Waals surface area contributed by atoms with Crippen LogP contribution in [-0.2, 0) is 0 Å². The molecule has 3 rings (SSSR count). The number of nitrogens with zero attached hydrogens (tertiary/aromatic N) is 1. The number of fused-ring (bicyclic) bond motifs is 1. The molecule has 2 heterocycles. The smallest absolute Gasteiger partial charge is 0.267 e. The lowest BCUT2D eigenvalue weighted by Crippen LogP contribution is -2.11. The highest BCUT2D eigenvalue weighted by Crippen LogP contribution is 2.34. The summed E-state index contributed by atoms with van der Waals surface area (Å²) in [4.78, 5) is 17.7. The number of halogens is 1. The maximum absolute atomic E-state index is 12.4. The van der Waals surface area contributed by atoms with Crippen LogP contribution in [0.15, 0.2) is 36.5 Å². The van der Waals surface area contributed by atoms with Crippen molar-refractivity contribution < 1.29 is 9.53 Å². The predicted octanol–water partition coefficient (Wildman–Crippen LogP) is 3.79. The Morgan fingerprint density at radius 2 is 2.09 bits per heavy atom. The van der Waals surface area contributed by atoms with Crippen LogP contribution in [0.3, 0.4) is 0 Å². The molecule has 0 saturated carbocycles. The molecule has 1 aromatic carbocycles. The number of nitrogens with two attached hydrogens (primary N) is 1. The molecule has 0 aliphatic rings. The van der Waals surface area contributed by atoms with Gasteiger partial charge in [0.25, 0.3) is 5.91 Å². The van der Waals surface area contributed by atoms with Crippen LogP contribution in [0.5, 0.6) is 5.75 Å². The first-order valence-corrected chi connectivity index (χ1v) is 7.57. The highest BCUT2D eigenvalue weighted by molar-refractivity contribution is 7.21. The third kappa shape index (κ3) is 2.70. The number of hydrogen-bond acceptors (Lipinski definition) is 5. The summed E-state index contributed by atoms with van der Waals surface area (Å²) >= 11 is 7.15. The van der Waals surface area contributed by atoms with Gasteiger partial charge in [-0.05, 0) is 30.3 Å². The number of hydrogen-bond donors (Lipinski definition) is 2. The van der Waals surface area contributed by atoms with Crippen molar-refractivity contribution in [2.75, 3.05) is 18.2 Å². The van der Waals surface area contributed by atoms with Crippen LogP contribution in [-0.4, -0.2) is 18.0 Å². The number of pyridine rings is 1. The molecule has 112 valence electrons. The Hall–Kier alpha value is -2.31. The minimum Gasteiger partial charge on any atom is -0.497 e. The number of amides is 1. The first-order valence-electron chi connectivity index (χ1n) is 6.37. The first kappa shape index (κ1) is 14.6. The Morgan fingerprint density at radius 3 is 2.77 bits per heavy atom. The van der Waals surface area contributed by atoms with E-state index < -0.39 is 0 Å². The van der Waals surface area contributed by atoms with Crippen LogP contribution in [0, 0.1) is 0 Å². The molecule has 0 radical (unpaired) electrons. The van der Waals surface area contributed by atoms with Gasteiger partial charge in [-0.1, -0.05) is 11.6 Å². The summed E-state index contributed by atoms with van der Waals surface area (Å²) in [7, 11) is 1.59. The van der Waals surface area contributed by atoms with Crippen molar-refractivity contribution in [1.82, 2.24) is 4.98 Å². The molecule has 0 bridgehead atoms. The van der Waals surface area contributed by atoms with Crippen molar-refractivity contribution in [2.45, 2.75) is 0 Å². The Labute approximate surface area is 135 Å². The number of benzene rings is 1. The van der Waals surface area contributed by atoms with E-state index >= 15 is 0 Å². The average molecular weight is 334 g/mol. The zero-order valence-electron chi connectivity index (χ0n) is 11.6. The molecule has 0 unspecified atom stereocenters. The van der Waals surface area contributed by atoms with Gasteiger partial charge in [0.05, 0.1) is 17.8 Å². The number of rotatable bonds is 3. The number of ether oxygens (including phenoxy) is 1.